The number of rotatable bonds is 6. The summed E-state index contributed by atoms with van der Waals surface area (Å²) in [5.41, 5.74) is 0. The Hall–Kier alpha value is -0.710. The standard InChI is InChI=1S/C10H17NO3S/c1-7(2)15-6-9(12)11(5-10(13)14)8-3-4-8/h7-8H,3-6H2,1-2H3,(H,13,14). The Bertz CT molecular complexity index is 251. The van der Waals surface area contributed by atoms with Crippen LogP contribution in [-0.2, 0) is 9.59 Å². The predicted molar refractivity (Wildman–Crippen MR) is 60.0 cm³/mol. The van der Waals surface area contributed by atoms with Crippen molar-refractivity contribution in [2.45, 2.75) is 38.0 Å². The highest BCUT2D eigenvalue weighted by Gasteiger charge is 2.33. The van der Waals surface area contributed by atoms with Crippen LogP contribution >= 0.6 is 11.8 Å². The van der Waals surface area contributed by atoms with E-state index in [4.69, 9.17) is 5.11 Å². The SMILES string of the molecule is CC(C)SCC(=O)N(CC(=O)O)C1CC1. The molecule has 15 heavy (non-hydrogen) atoms. The van der Waals surface area contributed by atoms with Gasteiger partial charge in [0, 0.05) is 6.04 Å². The van der Waals surface area contributed by atoms with Crippen molar-refractivity contribution in [3.63, 3.8) is 0 Å². The van der Waals surface area contributed by atoms with Gasteiger partial charge in [0.2, 0.25) is 5.91 Å². The molecule has 0 aromatic carbocycles. The van der Waals surface area contributed by atoms with Crippen LogP contribution in [0.2, 0.25) is 0 Å². The van der Waals surface area contributed by atoms with Gasteiger partial charge in [-0.1, -0.05) is 13.8 Å². The molecule has 0 aromatic heterocycles. The van der Waals surface area contributed by atoms with Crippen LogP contribution in [0.4, 0.5) is 0 Å². The number of carbonyl (C=O) groups excluding carboxylic acids is 1. The summed E-state index contributed by atoms with van der Waals surface area (Å²) in [5, 5.41) is 9.09. The normalized spacial score (nSPS) is 15.4. The molecule has 0 spiro atoms. The Morgan fingerprint density at radius 3 is 2.47 bits per heavy atom. The minimum atomic E-state index is -0.926. The first-order valence-corrected chi connectivity index (χ1v) is 6.18. The number of carboxylic acid groups (broad SMARTS) is 1. The maximum atomic E-state index is 11.7. The number of hydrogen-bond acceptors (Lipinski definition) is 3. The summed E-state index contributed by atoms with van der Waals surface area (Å²) in [5.74, 6) is -0.579. The van der Waals surface area contributed by atoms with E-state index in [1.807, 2.05) is 13.8 Å². The van der Waals surface area contributed by atoms with Crippen LogP contribution < -0.4 is 0 Å². The molecule has 1 aliphatic carbocycles. The predicted octanol–water partition coefficient (Wildman–Crippen LogP) is 1.20. The van der Waals surface area contributed by atoms with Gasteiger partial charge in [-0.25, -0.2) is 0 Å². The summed E-state index contributed by atoms with van der Waals surface area (Å²) in [6, 6.07) is 0.182. The van der Waals surface area contributed by atoms with Gasteiger partial charge >= 0.3 is 5.97 Å². The number of carboxylic acids is 1. The summed E-state index contributed by atoms with van der Waals surface area (Å²) in [6.07, 6.45) is 1.90. The lowest BCUT2D eigenvalue weighted by molar-refractivity contribution is -0.143. The molecule has 0 unspecified atom stereocenters. The molecule has 1 amide bonds. The van der Waals surface area contributed by atoms with Crippen molar-refractivity contribution < 1.29 is 14.7 Å². The van der Waals surface area contributed by atoms with Crippen LogP contribution in [0.3, 0.4) is 0 Å². The molecule has 0 saturated heterocycles. The average Bonchev–Trinajstić information content (AvgIpc) is 2.93. The first-order valence-electron chi connectivity index (χ1n) is 5.13. The van der Waals surface area contributed by atoms with Gasteiger partial charge in [0.05, 0.1) is 5.75 Å². The number of aliphatic carboxylic acids is 1. The summed E-state index contributed by atoms with van der Waals surface area (Å²) in [4.78, 5) is 23.8. The molecule has 0 aliphatic heterocycles. The van der Waals surface area contributed by atoms with E-state index in [1.54, 1.807) is 11.8 Å². The van der Waals surface area contributed by atoms with Crippen molar-refractivity contribution in [2.75, 3.05) is 12.3 Å². The van der Waals surface area contributed by atoms with Crippen molar-refractivity contribution in [1.29, 1.82) is 0 Å². The van der Waals surface area contributed by atoms with Crippen LogP contribution in [0, 0.1) is 0 Å². The molecular weight excluding hydrogens is 214 g/mol. The third-order valence-corrected chi connectivity index (χ3v) is 3.23. The van der Waals surface area contributed by atoms with E-state index >= 15 is 0 Å². The fraction of sp³-hybridized carbons (Fsp3) is 0.800. The second kappa shape index (κ2) is 5.39. The second-order valence-electron chi connectivity index (χ2n) is 4.01. The number of carbonyl (C=O) groups is 2. The lowest BCUT2D eigenvalue weighted by Crippen LogP contribution is -2.38. The lowest BCUT2D eigenvalue weighted by Gasteiger charge is -2.20. The zero-order valence-electron chi connectivity index (χ0n) is 9.10. The van der Waals surface area contributed by atoms with Crippen LogP contribution in [-0.4, -0.2) is 45.5 Å². The molecular formula is C10H17NO3S. The number of hydrogen-bond donors (Lipinski definition) is 1. The zero-order chi connectivity index (χ0) is 11.4. The highest BCUT2D eigenvalue weighted by molar-refractivity contribution is 8.00. The van der Waals surface area contributed by atoms with E-state index in [2.05, 4.69) is 0 Å². The van der Waals surface area contributed by atoms with Crippen molar-refractivity contribution in [1.82, 2.24) is 4.90 Å². The van der Waals surface area contributed by atoms with Gasteiger partial charge in [0.25, 0.3) is 0 Å². The van der Waals surface area contributed by atoms with E-state index in [0.29, 0.717) is 11.0 Å². The van der Waals surface area contributed by atoms with E-state index < -0.39 is 5.97 Å². The molecule has 0 aromatic rings. The Balaban J connectivity index is 2.40. The van der Waals surface area contributed by atoms with E-state index in [0.717, 1.165) is 12.8 Å². The van der Waals surface area contributed by atoms with Crippen LogP contribution in [0.25, 0.3) is 0 Å². The van der Waals surface area contributed by atoms with Crippen molar-refractivity contribution in [3.8, 4) is 0 Å². The maximum Gasteiger partial charge on any atom is 0.323 e. The fourth-order valence-corrected chi connectivity index (χ4v) is 1.92. The molecule has 1 fully saturated rings. The van der Waals surface area contributed by atoms with Gasteiger partial charge in [0.1, 0.15) is 6.54 Å². The molecule has 0 atom stereocenters. The van der Waals surface area contributed by atoms with Crippen molar-refractivity contribution >= 4 is 23.6 Å². The molecule has 1 rings (SSSR count). The first kappa shape index (κ1) is 12.4. The van der Waals surface area contributed by atoms with E-state index in [1.165, 1.54) is 4.90 Å². The topological polar surface area (TPSA) is 57.6 Å². The van der Waals surface area contributed by atoms with Crippen LogP contribution in [0.5, 0.6) is 0 Å². The second-order valence-corrected chi connectivity index (χ2v) is 5.57. The highest BCUT2D eigenvalue weighted by atomic mass is 32.2. The summed E-state index contributed by atoms with van der Waals surface area (Å²) in [6.45, 7) is 3.90. The fourth-order valence-electron chi connectivity index (χ4n) is 1.27. The molecule has 5 heteroatoms. The zero-order valence-corrected chi connectivity index (χ0v) is 9.92. The molecule has 0 heterocycles. The minimum Gasteiger partial charge on any atom is -0.480 e. The van der Waals surface area contributed by atoms with Crippen LogP contribution in [0.15, 0.2) is 0 Å². The molecule has 0 bridgehead atoms. The summed E-state index contributed by atoms with van der Waals surface area (Å²) < 4.78 is 0. The Morgan fingerprint density at radius 2 is 2.07 bits per heavy atom. The Morgan fingerprint density at radius 1 is 1.47 bits per heavy atom. The number of amides is 1. The summed E-state index contributed by atoms with van der Waals surface area (Å²) in [7, 11) is 0. The number of thioether (sulfide) groups is 1. The van der Waals surface area contributed by atoms with Gasteiger partial charge in [0.15, 0.2) is 0 Å². The smallest absolute Gasteiger partial charge is 0.323 e. The Kier molecular flexibility index (Phi) is 4.45. The molecule has 4 nitrogen and oxygen atoms in total. The van der Waals surface area contributed by atoms with Crippen molar-refractivity contribution in [2.24, 2.45) is 0 Å². The van der Waals surface area contributed by atoms with E-state index in [-0.39, 0.29) is 18.5 Å². The average molecular weight is 231 g/mol. The molecule has 1 aliphatic rings. The van der Waals surface area contributed by atoms with Gasteiger partial charge in [-0.3, -0.25) is 9.59 Å². The van der Waals surface area contributed by atoms with Gasteiger partial charge in [-0.2, -0.15) is 0 Å². The third-order valence-electron chi connectivity index (χ3n) is 2.15. The largest absolute Gasteiger partial charge is 0.480 e. The maximum absolute atomic E-state index is 11.7. The number of nitrogens with zero attached hydrogens (tertiary/aromatic N) is 1. The van der Waals surface area contributed by atoms with E-state index in [9.17, 15) is 9.59 Å². The molecule has 1 saturated carbocycles. The monoisotopic (exact) mass is 231 g/mol. The third kappa shape index (κ3) is 4.55. The van der Waals surface area contributed by atoms with Gasteiger partial charge in [-0.15, -0.1) is 11.8 Å². The quantitative estimate of drug-likeness (QED) is 0.746. The van der Waals surface area contributed by atoms with Gasteiger partial charge < -0.3 is 10.0 Å². The lowest BCUT2D eigenvalue weighted by atomic mass is 10.4. The van der Waals surface area contributed by atoms with Crippen LogP contribution in [0.1, 0.15) is 26.7 Å². The molecule has 1 N–H and O–H groups in total. The van der Waals surface area contributed by atoms with Crippen molar-refractivity contribution in [3.05, 3.63) is 0 Å². The molecule has 86 valence electrons. The summed E-state index contributed by atoms with van der Waals surface area (Å²) >= 11 is 1.56. The molecule has 0 radical (unpaired) electrons. The first-order chi connectivity index (χ1) is 7.00. The minimum absolute atomic E-state index is 0.0430. The Labute approximate surface area is 94.0 Å². The van der Waals surface area contributed by atoms with Gasteiger partial charge in [-0.05, 0) is 18.1 Å². The highest BCUT2D eigenvalue weighted by Crippen LogP contribution is 2.27.